The third-order valence-electron chi connectivity index (χ3n) is 3.66. The Morgan fingerprint density at radius 3 is 3.06 bits per heavy atom. The van der Waals surface area contributed by atoms with Gasteiger partial charge in [-0.15, -0.1) is 0 Å². The fraction of sp³-hybridized carbons (Fsp3) is 0.357. The third kappa shape index (κ3) is 1.59. The van der Waals surface area contributed by atoms with Crippen molar-refractivity contribution in [2.45, 2.75) is 26.2 Å². The van der Waals surface area contributed by atoms with Crippen LogP contribution in [0, 0.1) is 17.2 Å². The van der Waals surface area contributed by atoms with Crippen LogP contribution < -0.4 is 0 Å². The van der Waals surface area contributed by atoms with Crippen molar-refractivity contribution < 1.29 is 0 Å². The van der Waals surface area contributed by atoms with E-state index >= 15 is 0 Å². The quantitative estimate of drug-likeness (QED) is 0.784. The maximum Gasteiger partial charge on any atom is 0.101 e. The number of aromatic amines is 1. The van der Waals surface area contributed by atoms with Gasteiger partial charge in [0, 0.05) is 15.6 Å². The lowest BCUT2D eigenvalue weighted by atomic mass is 9.88. The van der Waals surface area contributed by atoms with E-state index in [-0.39, 0.29) is 0 Å². The lowest BCUT2D eigenvalue weighted by molar-refractivity contribution is 0.497. The molecule has 1 aliphatic rings. The van der Waals surface area contributed by atoms with Gasteiger partial charge in [0.15, 0.2) is 0 Å². The topological polar surface area (TPSA) is 39.6 Å². The first-order valence-electron chi connectivity index (χ1n) is 5.92. The Bertz CT molecular complexity index is 634. The molecule has 0 fully saturated rings. The standard InChI is InChI=1S/C14H13BrN2/c1-8-2-4-10-12(6-8)17-14-9(7-16)3-5-11(15)13(10)14/h3,5,8,17H,2,4,6H2,1H3. The van der Waals surface area contributed by atoms with Crippen LogP contribution >= 0.6 is 15.9 Å². The molecule has 0 amide bonds. The second kappa shape index (κ2) is 3.89. The van der Waals surface area contributed by atoms with Gasteiger partial charge in [0.1, 0.15) is 6.07 Å². The zero-order chi connectivity index (χ0) is 12.0. The molecule has 17 heavy (non-hydrogen) atoms. The van der Waals surface area contributed by atoms with Crippen LogP contribution in [0.4, 0.5) is 0 Å². The van der Waals surface area contributed by atoms with Gasteiger partial charge in [0.2, 0.25) is 0 Å². The lowest BCUT2D eigenvalue weighted by Gasteiger charge is -2.18. The van der Waals surface area contributed by atoms with Crippen molar-refractivity contribution in [2.24, 2.45) is 5.92 Å². The van der Waals surface area contributed by atoms with Crippen molar-refractivity contribution in [3.63, 3.8) is 0 Å². The molecule has 0 saturated carbocycles. The molecule has 1 aromatic heterocycles. The highest BCUT2D eigenvalue weighted by Gasteiger charge is 2.22. The van der Waals surface area contributed by atoms with E-state index < -0.39 is 0 Å². The van der Waals surface area contributed by atoms with Crippen molar-refractivity contribution in [3.05, 3.63) is 33.4 Å². The van der Waals surface area contributed by atoms with E-state index in [1.54, 1.807) is 0 Å². The van der Waals surface area contributed by atoms with Gasteiger partial charge >= 0.3 is 0 Å². The molecule has 0 radical (unpaired) electrons. The zero-order valence-corrected chi connectivity index (χ0v) is 11.3. The molecule has 0 spiro atoms. The van der Waals surface area contributed by atoms with Gasteiger partial charge in [-0.25, -0.2) is 0 Å². The number of fused-ring (bicyclic) bond motifs is 3. The Kier molecular flexibility index (Phi) is 2.48. The molecule has 1 N–H and O–H groups in total. The molecule has 1 aliphatic carbocycles. The Morgan fingerprint density at radius 2 is 2.29 bits per heavy atom. The Labute approximate surface area is 109 Å². The summed E-state index contributed by atoms with van der Waals surface area (Å²) in [6.45, 7) is 2.29. The number of hydrogen-bond donors (Lipinski definition) is 1. The summed E-state index contributed by atoms with van der Waals surface area (Å²) >= 11 is 3.60. The number of rotatable bonds is 0. The molecule has 86 valence electrons. The summed E-state index contributed by atoms with van der Waals surface area (Å²) in [4.78, 5) is 3.45. The van der Waals surface area contributed by atoms with E-state index in [1.165, 1.54) is 23.1 Å². The average Bonchev–Trinajstić information content (AvgIpc) is 2.68. The van der Waals surface area contributed by atoms with Gasteiger partial charge < -0.3 is 4.98 Å². The summed E-state index contributed by atoms with van der Waals surface area (Å²) in [5, 5.41) is 10.4. The minimum atomic E-state index is 0.736. The number of hydrogen-bond acceptors (Lipinski definition) is 1. The predicted octanol–water partition coefficient (Wildman–Crippen LogP) is 3.93. The second-order valence-electron chi connectivity index (χ2n) is 4.89. The van der Waals surface area contributed by atoms with E-state index in [4.69, 9.17) is 5.26 Å². The molecule has 1 heterocycles. The summed E-state index contributed by atoms with van der Waals surface area (Å²) in [5.74, 6) is 0.736. The molecule has 0 bridgehead atoms. The first kappa shape index (κ1) is 10.9. The number of halogens is 1. The number of nitriles is 1. The maximum atomic E-state index is 9.15. The highest BCUT2D eigenvalue weighted by Crippen LogP contribution is 2.36. The summed E-state index contributed by atoms with van der Waals surface area (Å²) in [6.07, 6.45) is 3.45. The molecule has 1 unspecified atom stereocenters. The third-order valence-corrected chi connectivity index (χ3v) is 4.32. The molecule has 3 rings (SSSR count). The highest BCUT2D eigenvalue weighted by molar-refractivity contribution is 9.10. The normalized spacial score (nSPS) is 19.0. The average molecular weight is 289 g/mol. The Morgan fingerprint density at radius 1 is 1.47 bits per heavy atom. The zero-order valence-electron chi connectivity index (χ0n) is 9.68. The summed E-state index contributed by atoms with van der Waals surface area (Å²) in [6, 6.07) is 6.12. The summed E-state index contributed by atoms with van der Waals surface area (Å²) in [7, 11) is 0. The van der Waals surface area contributed by atoms with Crippen LogP contribution in [0.15, 0.2) is 16.6 Å². The molecule has 2 aromatic rings. The second-order valence-corrected chi connectivity index (χ2v) is 5.74. The van der Waals surface area contributed by atoms with E-state index in [0.717, 1.165) is 34.3 Å². The number of nitrogens with one attached hydrogen (secondary N) is 1. The number of nitrogens with zero attached hydrogens (tertiary/aromatic N) is 1. The first-order valence-corrected chi connectivity index (χ1v) is 6.72. The van der Waals surface area contributed by atoms with Crippen molar-refractivity contribution in [3.8, 4) is 6.07 Å². The van der Waals surface area contributed by atoms with Gasteiger partial charge in [-0.1, -0.05) is 22.9 Å². The van der Waals surface area contributed by atoms with Crippen LogP contribution in [0.3, 0.4) is 0 Å². The van der Waals surface area contributed by atoms with Gasteiger partial charge in [0.25, 0.3) is 0 Å². The minimum Gasteiger partial charge on any atom is -0.357 e. The molecule has 1 atom stereocenters. The van der Waals surface area contributed by atoms with Crippen LogP contribution in [-0.4, -0.2) is 4.98 Å². The summed E-state index contributed by atoms with van der Waals surface area (Å²) in [5.41, 5.74) is 4.47. The van der Waals surface area contributed by atoms with E-state index in [0.29, 0.717) is 0 Å². The van der Waals surface area contributed by atoms with Crippen LogP contribution in [-0.2, 0) is 12.8 Å². The smallest absolute Gasteiger partial charge is 0.101 e. The van der Waals surface area contributed by atoms with Gasteiger partial charge in [-0.2, -0.15) is 5.26 Å². The van der Waals surface area contributed by atoms with Gasteiger partial charge in [-0.3, -0.25) is 0 Å². The Balaban J connectivity index is 2.35. The van der Waals surface area contributed by atoms with Crippen LogP contribution in [0.25, 0.3) is 10.9 Å². The van der Waals surface area contributed by atoms with Crippen molar-refractivity contribution in [1.82, 2.24) is 4.98 Å². The first-order chi connectivity index (χ1) is 8.20. The number of aromatic nitrogens is 1. The summed E-state index contributed by atoms with van der Waals surface area (Å²) < 4.78 is 1.10. The molecule has 0 saturated heterocycles. The van der Waals surface area contributed by atoms with Gasteiger partial charge in [0.05, 0.1) is 11.1 Å². The van der Waals surface area contributed by atoms with Gasteiger partial charge in [-0.05, 0) is 42.9 Å². The predicted molar refractivity (Wildman–Crippen MR) is 71.9 cm³/mol. The SMILES string of the molecule is CC1CCc2c([nH]c3c(C#N)ccc(Br)c23)C1. The number of H-pyrrole nitrogens is 1. The molecule has 2 nitrogen and oxygen atoms in total. The minimum absolute atomic E-state index is 0.736. The number of benzene rings is 1. The molecule has 3 heteroatoms. The van der Waals surface area contributed by atoms with Crippen molar-refractivity contribution in [2.75, 3.05) is 0 Å². The highest BCUT2D eigenvalue weighted by atomic mass is 79.9. The molecular formula is C14H13BrN2. The van der Waals surface area contributed by atoms with Crippen LogP contribution in [0.2, 0.25) is 0 Å². The van der Waals surface area contributed by atoms with E-state index in [2.05, 4.69) is 33.9 Å². The monoisotopic (exact) mass is 288 g/mol. The van der Waals surface area contributed by atoms with Crippen LogP contribution in [0.5, 0.6) is 0 Å². The molecule has 0 aliphatic heterocycles. The fourth-order valence-corrected chi connectivity index (χ4v) is 3.33. The van der Waals surface area contributed by atoms with E-state index in [1.807, 2.05) is 12.1 Å². The molecule has 1 aromatic carbocycles. The number of aryl methyl sites for hydroxylation is 1. The maximum absolute atomic E-state index is 9.15. The molecular weight excluding hydrogens is 276 g/mol. The fourth-order valence-electron chi connectivity index (χ4n) is 2.76. The van der Waals surface area contributed by atoms with Crippen molar-refractivity contribution >= 4 is 26.8 Å². The van der Waals surface area contributed by atoms with E-state index in [9.17, 15) is 0 Å². The lowest BCUT2D eigenvalue weighted by Crippen LogP contribution is -2.10. The Hall–Kier alpha value is -1.27. The largest absolute Gasteiger partial charge is 0.357 e. The van der Waals surface area contributed by atoms with Crippen LogP contribution in [0.1, 0.15) is 30.2 Å². The van der Waals surface area contributed by atoms with Crippen molar-refractivity contribution in [1.29, 1.82) is 5.26 Å².